The third-order valence-corrected chi connectivity index (χ3v) is 2.49. The molecule has 0 amide bonds. The van der Waals surface area contributed by atoms with Crippen LogP contribution in [0.15, 0.2) is 18.2 Å². The molecule has 0 bridgehead atoms. The lowest BCUT2D eigenvalue weighted by Crippen LogP contribution is -2.22. The van der Waals surface area contributed by atoms with Crippen LogP contribution in [-0.4, -0.2) is 10.7 Å². The van der Waals surface area contributed by atoms with Crippen LogP contribution in [0.2, 0.25) is 0 Å². The Kier molecular flexibility index (Phi) is 3.50. The Balaban J connectivity index is 2.92. The smallest absolute Gasteiger partial charge is 0.292 e. The number of ketones is 1. The van der Waals surface area contributed by atoms with Crippen molar-refractivity contribution in [2.75, 3.05) is 5.73 Å². The van der Waals surface area contributed by atoms with Crippen molar-refractivity contribution in [3.05, 3.63) is 33.9 Å². The molecule has 0 saturated carbocycles. The molecule has 0 spiro atoms. The van der Waals surface area contributed by atoms with Gasteiger partial charge in [-0.15, -0.1) is 0 Å². The van der Waals surface area contributed by atoms with Crippen molar-refractivity contribution in [3.8, 4) is 0 Å². The summed E-state index contributed by atoms with van der Waals surface area (Å²) in [5, 5.41) is 10.6. The van der Waals surface area contributed by atoms with Crippen LogP contribution in [-0.2, 0) is 11.2 Å². The molecule has 17 heavy (non-hydrogen) atoms. The normalized spacial score (nSPS) is 11.2. The summed E-state index contributed by atoms with van der Waals surface area (Å²) >= 11 is 0. The molecule has 5 heteroatoms. The maximum absolute atomic E-state index is 11.8. The van der Waals surface area contributed by atoms with Crippen LogP contribution >= 0.6 is 0 Å². The van der Waals surface area contributed by atoms with Crippen LogP contribution in [0, 0.1) is 15.5 Å². The van der Waals surface area contributed by atoms with Crippen molar-refractivity contribution in [2.24, 2.45) is 5.41 Å². The van der Waals surface area contributed by atoms with E-state index in [0.29, 0.717) is 5.56 Å². The summed E-state index contributed by atoms with van der Waals surface area (Å²) in [4.78, 5) is 21.8. The fraction of sp³-hybridized carbons (Fsp3) is 0.417. The molecule has 0 aromatic heterocycles. The van der Waals surface area contributed by atoms with Crippen molar-refractivity contribution in [3.63, 3.8) is 0 Å². The summed E-state index contributed by atoms with van der Waals surface area (Å²) < 4.78 is 0. The molecule has 0 atom stereocenters. The number of nitrogens with two attached hydrogens (primary N) is 1. The average Bonchev–Trinajstić information content (AvgIpc) is 2.15. The van der Waals surface area contributed by atoms with Gasteiger partial charge in [-0.2, -0.15) is 0 Å². The van der Waals surface area contributed by atoms with E-state index in [1.165, 1.54) is 12.1 Å². The van der Waals surface area contributed by atoms with Gasteiger partial charge in [0, 0.05) is 17.9 Å². The fourth-order valence-corrected chi connectivity index (χ4v) is 1.33. The molecule has 0 unspecified atom stereocenters. The highest BCUT2D eigenvalue weighted by molar-refractivity contribution is 5.86. The van der Waals surface area contributed by atoms with Gasteiger partial charge in [0.1, 0.15) is 11.5 Å². The molecule has 0 aliphatic heterocycles. The summed E-state index contributed by atoms with van der Waals surface area (Å²) in [6.07, 6.45) is 0.242. The van der Waals surface area contributed by atoms with Gasteiger partial charge in [-0.1, -0.05) is 26.8 Å². The number of rotatable bonds is 3. The van der Waals surface area contributed by atoms with Crippen LogP contribution < -0.4 is 5.73 Å². The third kappa shape index (κ3) is 3.27. The maximum atomic E-state index is 11.8. The molecule has 0 saturated heterocycles. The number of nitro groups is 1. The predicted molar refractivity (Wildman–Crippen MR) is 65.7 cm³/mol. The zero-order valence-corrected chi connectivity index (χ0v) is 10.2. The number of hydrogen-bond donors (Lipinski definition) is 1. The number of nitrogen functional groups attached to an aromatic ring is 1. The van der Waals surface area contributed by atoms with Crippen molar-refractivity contribution < 1.29 is 9.72 Å². The number of anilines is 1. The number of nitrogens with zero attached hydrogens (tertiary/aromatic N) is 1. The minimum absolute atomic E-state index is 0.0748. The molecule has 5 nitrogen and oxygen atoms in total. The zero-order valence-electron chi connectivity index (χ0n) is 10.2. The van der Waals surface area contributed by atoms with Gasteiger partial charge < -0.3 is 5.73 Å². The third-order valence-electron chi connectivity index (χ3n) is 2.49. The Morgan fingerprint density at radius 1 is 1.41 bits per heavy atom. The maximum Gasteiger partial charge on any atom is 0.292 e. The van der Waals surface area contributed by atoms with E-state index in [1.54, 1.807) is 6.07 Å². The lowest BCUT2D eigenvalue weighted by atomic mass is 9.87. The highest BCUT2D eigenvalue weighted by Gasteiger charge is 2.22. The molecular weight excluding hydrogens is 220 g/mol. The first kappa shape index (κ1) is 13.2. The fourth-order valence-electron chi connectivity index (χ4n) is 1.33. The molecule has 2 N–H and O–H groups in total. The van der Waals surface area contributed by atoms with Gasteiger partial charge >= 0.3 is 0 Å². The first-order valence-corrected chi connectivity index (χ1v) is 5.28. The van der Waals surface area contributed by atoms with Crippen LogP contribution in [0.1, 0.15) is 26.3 Å². The lowest BCUT2D eigenvalue weighted by molar-refractivity contribution is -0.383. The molecule has 1 aromatic rings. The zero-order chi connectivity index (χ0) is 13.2. The van der Waals surface area contributed by atoms with E-state index in [1.807, 2.05) is 20.8 Å². The van der Waals surface area contributed by atoms with Crippen molar-refractivity contribution >= 4 is 17.2 Å². The molecule has 1 aromatic carbocycles. The Labute approximate surface area is 99.8 Å². The SMILES string of the molecule is CC(C)(C)C(=O)Cc1ccc([N+](=O)[O-])c(N)c1. The first-order valence-electron chi connectivity index (χ1n) is 5.28. The number of Topliss-reactive ketones (excluding diaryl/α,β-unsaturated/α-hetero) is 1. The van der Waals surface area contributed by atoms with E-state index in [-0.39, 0.29) is 23.6 Å². The Morgan fingerprint density at radius 3 is 2.41 bits per heavy atom. The summed E-state index contributed by atoms with van der Waals surface area (Å²) in [6, 6.07) is 4.39. The second kappa shape index (κ2) is 4.53. The summed E-state index contributed by atoms with van der Waals surface area (Å²) in [5.41, 5.74) is 5.80. The molecule has 0 aliphatic carbocycles. The van der Waals surface area contributed by atoms with Gasteiger partial charge in [0.2, 0.25) is 0 Å². The number of hydrogen-bond acceptors (Lipinski definition) is 4. The van der Waals surface area contributed by atoms with Gasteiger partial charge in [0.25, 0.3) is 5.69 Å². The molecule has 1 rings (SSSR count). The summed E-state index contributed by atoms with van der Waals surface area (Å²) in [6.45, 7) is 5.51. The van der Waals surface area contributed by atoms with Gasteiger partial charge in [-0.05, 0) is 11.6 Å². The topological polar surface area (TPSA) is 86.2 Å². The second-order valence-electron chi connectivity index (χ2n) is 5.00. The van der Waals surface area contributed by atoms with Crippen molar-refractivity contribution in [1.82, 2.24) is 0 Å². The minimum atomic E-state index is -0.537. The Hall–Kier alpha value is -1.91. The number of benzene rings is 1. The summed E-state index contributed by atoms with van der Waals surface area (Å²) in [7, 11) is 0. The predicted octanol–water partition coefficient (Wildman–Crippen LogP) is 2.33. The standard InChI is InChI=1S/C12H16N2O3/c1-12(2,3)11(15)7-8-4-5-10(14(16)17)9(13)6-8/h4-6H,7,13H2,1-3H3. The van der Waals surface area contributed by atoms with E-state index in [9.17, 15) is 14.9 Å². The molecule has 0 aliphatic rings. The molecule has 0 radical (unpaired) electrons. The van der Waals surface area contributed by atoms with Crippen LogP contribution in [0.5, 0.6) is 0 Å². The van der Waals surface area contributed by atoms with Gasteiger partial charge in [-0.3, -0.25) is 14.9 Å². The van der Waals surface area contributed by atoms with Gasteiger partial charge in [0.05, 0.1) is 4.92 Å². The van der Waals surface area contributed by atoms with Gasteiger partial charge in [0.15, 0.2) is 0 Å². The Bertz CT molecular complexity index is 461. The first-order chi connectivity index (χ1) is 7.71. The van der Waals surface area contributed by atoms with E-state index in [4.69, 9.17) is 5.73 Å². The highest BCUT2D eigenvalue weighted by Crippen LogP contribution is 2.24. The van der Waals surface area contributed by atoms with E-state index in [0.717, 1.165) is 0 Å². The lowest BCUT2D eigenvalue weighted by Gasteiger charge is -2.16. The monoisotopic (exact) mass is 236 g/mol. The number of carbonyl (C=O) groups is 1. The van der Waals surface area contributed by atoms with E-state index >= 15 is 0 Å². The van der Waals surface area contributed by atoms with E-state index < -0.39 is 10.3 Å². The molecule has 92 valence electrons. The minimum Gasteiger partial charge on any atom is -0.393 e. The van der Waals surface area contributed by atoms with Crippen molar-refractivity contribution in [1.29, 1.82) is 0 Å². The number of nitro benzene ring substituents is 1. The number of carbonyl (C=O) groups excluding carboxylic acids is 1. The average molecular weight is 236 g/mol. The largest absolute Gasteiger partial charge is 0.393 e. The highest BCUT2D eigenvalue weighted by atomic mass is 16.6. The molecular formula is C12H16N2O3. The molecule has 0 heterocycles. The van der Waals surface area contributed by atoms with E-state index in [2.05, 4.69) is 0 Å². The second-order valence-corrected chi connectivity index (χ2v) is 5.00. The van der Waals surface area contributed by atoms with Gasteiger partial charge in [-0.25, -0.2) is 0 Å². The molecule has 0 fully saturated rings. The Morgan fingerprint density at radius 2 is 2.00 bits per heavy atom. The van der Waals surface area contributed by atoms with Crippen LogP contribution in [0.4, 0.5) is 11.4 Å². The quantitative estimate of drug-likeness (QED) is 0.495. The van der Waals surface area contributed by atoms with Crippen LogP contribution in [0.25, 0.3) is 0 Å². The van der Waals surface area contributed by atoms with Crippen LogP contribution in [0.3, 0.4) is 0 Å². The van der Waals surface area contributed by atoms with Crippen molar-refractivity contribution in [2.45, 2.75) is 27.2 Å². The summed E-state index contributed by atoms with van der Waals surface area (Å²) in [5.74, 6) is 0.0748.